The fraction of sp³-hybridized carbons (Fsp3) is 0.632. The third-order valence-corrected chi connectivity index (χ3v) is 4.94. The van der Waals surface area contributed by atoms with Crippen molar-refractivity contribution in [2.75, 3.05) is 46.8 Å². The summed E-state index contributed by atoms with van der Waals surface area (Å²) in [5.41, 5.74) is 1.43. The van der Waals surface area contributed by atoms with Crippen LogP contribution in [0.5, 0.6) is 0 Å². The van der Waals surface area contributed by atoms with Gasteiger partial charge in [-0.3, -0.25) is 9.89 Å². The molecule has 3 rings (SSSR count). The first-order valence-electron chi connectivity index (χ1n) is 9.21. The van der Waals surface area contributed by atoms with Gasteiger partial charge in [0.1, 0.15) is 0 Å². The van der Waals surface area contributed by atoms with Crippen LogP contribution < -0.4 is 10.6 Å². The number of piperazine rings is 1. The van der Waals surface area contributed by atoms with E-state index in [1.165, 1.54) is 18.4 Å². The summed E-state index contributed by atoms with van der Waals surface area (Å²) in [6, 6.07) is 12.1. The van der Waals surface area contributed by atoms with Crippen molar-refractivity contribution in [3.63, 3.8) is 0 Å². The van der Waals surface area contributed by atoms with Gasteiger partial charge in [-0.1, -0.05) is 30.3 Å². The standard InChI is InChI=1S/C19H31N5/c1-20-19(22-17-9-10-17)21-11-6-12-24-14-13-23(2)15-18(24)16-7-4-3-5-8-16/h3-5,7-8,17-18H,6,9-15H2,1-2H3,(H2,20,21,22). The fourth-order valence-corrected chi connectivity index (χ4v) is 3.32. The molecule has 1 aromatic carbocycles. The second-order valence-corrected chi connectivity index (χ2v) is 7.00. The van der Waals surface area contributed by atoms with E-state index in [2.05, 4.69) is 62.8 Å². The number of nitrogens with one attached hydrogen (secondary N) is 2. The molecule has 24 heavy (non-hydrogen) atoms. The van der Waals surface area contributed by atoms with E-state index in [0.29, 0.717) is 12.1 Å². The van der Waals surface area contributed by atoms with E-state index in [1.807, 2.05) is 7.05 Å². The minimum absolute atomic E-state index is 0.508. The topological polar surface area (TPSA) is 42.9 Å². The van der Waals surface area contributed by atoms with Gasteiger partial charge in [-0.15, -0.1) is 0 Å². The van der Waals surface area contributed by atoms with Crippen LogP contribution in [0.1, 0.15) is 30.9 Å². The van der Waals surface area contributed by atoms with Crippen molar-refractivity contribution in [1.82, 2.24) is 20.4 Å². The predicted molar refractivity (Wildman–Crippen MR) is 100 cm³/mol. The van der Waals surface area contributed by atoms with Crippen LogP contribution in [0.15, 0.2) is 35.3 Å². The molecule has 2 N–H and O–H groups in total. The van der Waals surface area contributed by atoms with Crippen LogP contribution >= 0.6 is 0 Å². The van der Waals surface area contributed by atoms with Gasteiger partial charge in [-0.05, 0) is 31.9 Å². The van der Waals surface area contributed by atoms with E-state index >= 15 is 0 Å². The van der Waals surface area contributed by atoms with E-state index in [1.54, 1.807) is 0 Å². The average molecular weight is 329 g/mol. The van der Waals surface area contributed by atoms with Crippen LogP contribution in [0.4, 0.5) is 0 Å². The van der Waals surface area contributed by atoms with Crippen molar-refractivity contribution in [3.05, 3.63) is 35.9 Å². The van der Waals surface area contributed by atoms with Crippen molar-refractivity contribution >= 4 is 5.96 Å². The predicted octanol–water partition coefficient (Wildman–Crippen LogP) is 1.69. The van der Waals surface area contributed by atoms with Crippen LogP contribution in [0.25, 0.3) is 0 Å². The molecule has 0 radical (unpaired) electrons. The SMILES string of the molecule is CN=C(NCCCN1CCN(C)CC1c1ccccc1)NC1CC1. The first-order valence-corrected chi connectivity index (χ1v) is 9.21. The second-order valence-electron chi connectivity index (χ2n) is 7.00. The molecule has 5 nitrogen and oxygen atoms in total. The Kier molecular flexibility index (Phi) is 6.10. The molecule has 1 saturated heterocycles. The average Bonchev–Trinajstić information content (AvgIpc) is 3.43. The third kappa shape index (κ3) is 4.95. The zero-order chi connectivity index (χ0) is 16.8. The Labute approximate surface area is 146 Å². The molecule has 0 amide bonds. The van der Waals surface area contributed by atoms with Gasteiger partial charge in [0.05, 0.1) is 0 Å². The molecular weight excluding hydrogens is 298 g/mol. The number of rotatable bonds is 6. The minimum atomic E-state index is 0.508. The van der Waals surface area contributed by atoms with Crippen molar-refractivity contribution in [3.8, 4) is 0 Å². The monoisotopic (exact) mass is 329 g/mol. The largest absolute Gasteiger partial charge is 0.356 e. The molecular formula is C19H31N5. The number of hydrogen-bond acceptors (Lipinski definition) is 3. The lowest BCUT2D eigenvalue weighted by Gasteiger charge is -2.40. The summed E-state index contributed by atoms with van der Waals surface area (Å²) in [7, 11) is 4.08. The molecule has 2 fully saturated rings. The van der Waals surface area contributed by atoms with Crippen molar-refractivity contribution in [2.45, 2.75) is 31.3 Å². The fourth-order valence-electron chi connectivity index (χ4n) is 3.32. The molecule has 1 saturated carbocycles. The third-order valence-electron chi connectivity index (χ3n) is 4.94. The molecule has 132 valence electrons. The highest BCUT2D eigenvalue weighted by atomic mass is 15.3. The van der Waals surface area contributed by atoms with Crippen molar-refractivity contribution in [1.29, 1.82) is 0 Å². The Morgan fingerprint density at radius 1 is 1.21 bits per heavy atom. The van der Waals surface area contributed by atoms with Gasteiger partial charge in [-0.2, -0.15) is 0 Å². The Balaban J connectivity index is 1.47. The second kappa shape index (κ2) is 8.49. The van der Waals surface area contributed by atoms with E-state index in [4.69, 9.17) is 0 Å². The summed E-state index contributed by atoms with van der Waals surface area (Å²) in [6.07, 6.45) is 3.69. The summed E-state index contributed by atoms with van der Waals surface area (Å²) in [6.45, 7) is 5.51. The smallest absolute Gasteiger partial charge is 0.191 e. The van der Waals surface area contributed by atoms with Crippen LogP contribution in [0.2, 0.25) is 0 Å². The molecule has 5 heteroatoms. The lowest BCUT2D eigenvalue weighted by molar-refractivity contribution is 0.0891. The lowest BCUT2D eigenvalue weighted by Crippen LogP contribution is -2.47. The van der Waals surface area contributed by atoms with Gasteiger partial charge in [0, 0.05) is 51.9 Å². The highest BCUT2D eigenvalue weighted by Crippen LogP contribution is 2.24. The quantitative estimate of drug-likeness (QED) is 0.474. The number of guanidine groups is 1. The van der Waals surface area contributed by atoms with Gasteiger partial charge < -0.3 is 15.5 Å². The summed E-state index contributed by atoms with van der Waals surface area (Å²) >= 11 is 0. The molecule has 0 aromatic heterocycles. The van der Waals surface area contributed by atoms with Crippen molar-refractivity contribution < 1.29 is 0 Å². The highest BCUT2D eigenvalue weighted by molar-refractivity contribution is 5.80. The normalized spacial score (nSPS) is 23.2. The van der Waals surface area contributed by atoms with Gasteiger partial charge in [-0.25, -0.2) is 0 Å². The minimum Gasteiger partial charge on any atom is -0.356 e. The molecule has 1 atom stereocenters. The van der Waals surface area contributed by atoms with E-state index in [9.17, 15) is 0 Å². The maximum absolute atomic E-state index is 4.30. The van der Waals surface area contributed by atoms with Crippen molar-refractivity contribution in [2.24, 2.45) is 4.99 Å². The van der Waals surface area contributed by atoms with Gasteiger partial charge in [0.25, 0.3) is 0 Å². The first kappa shape index (κ1) is 17.2. The summed E-state index contributed by atoms with van der Waals surface area (Å²) < 4.78 is 0. The molecule has 0 bridgehead atoms. The number of aliphatic imine (C=N–C) groups is 1. The summed E-state index contributed by atoms with van der Waals surface area (Å²) in [5, 5.41) is 6.88. The summed E-state index contributed by atoms with van der Waals surface area (Å²) in [5.74, 6) is 0.954. The number of nitrogens with zero attached hydrogens (tertiary/aromatic N) is 3. The number of likely N-dealkylation sites (N-methyl/N-ethyl adjacent to an activating group) is 1. The van der Waals surface area contributed by atoms with E-state index in [-0.39, 0.29) is 0 Å². The lowest BCUT2D eigenvalue weighted by atomic mass is 10.0. The molecule has 2 aliphatic rings. The van der Waals surface area contributed by atoms with Crippen LogP contribution in [0, 0.1) is 0 Å². The molecule has 1 unspecified atom stereocenters. The van der Waals surface area contributed by atoms with Gasteiger partial charge in [0.15, 0.2) is 5.96 Å². The summed E-state index contributed by atoms with van der Waals surface area (Å²) in [4.78, 5) is 9.37. The number of hydrogen-bond donors (Lipinski definition) is 2. The molecule has 1 heterocycles. The zero-order valence-corrected chi connectivity index (χ0v) is 15.0. The molecule has 1 aromatic rings. The van der Waals surface area contributed by atoms with Gasteiger partial charge >= 0.3 is 0 Å². The maximum Gasteiger partial charge on any atom is 0.191 e. The maximum atomic E-state index is 4.30. The Bertz CT molecular complexity index is 526. The molecule has 1 aliphatic carbocycles. The number of benzene rings is 1. The Hall–Kier alpha value is -1.59. The molecule has 0 spiro atoms. The zero-order valence-electron chi connectivity index (χ0n) is 15.0. The molecule has 1 aliphatic heterocycles. The first-order chi connectivity index (χ1) is 11.8. The Morgan fingerprint density at radius 2 is 2.00 bits per heavy atom. The highest BCUT2D eigenvalue weighted by Gasteiger charge is 2.26. The van der Waals surface area contributed by atoms with Crippen LogP contribution in [-0.2, 0) is 0 Å². The van der Waals surface area contributed by atoms with E-state index in [0.717, 1.165) is 45.1 Å². The van der Waals surface area contributed by atoms with Crippen LogP contribution in [0.3, 0.4) is 0 Å². The Morgan fingerprint density at radius 3 is 2.71 bits per heavy atom. The van der Waals surface area contributed by atoms with E-state index < -0.39 is 0 Å². The van der Waals surface area contributed by atoms with Crippen LogP contribution in [-0.4, -0.2) is 68.6 Å². The van der Waals surface area contributed by atoms with Gasteiger partial charge in [0.2, 0.25) is 0 Å².